The van der Waals surface area contributed by atoms with Gasteiger partial charge in [-0.25, -0.2) is 5.41 Å². The maximum absolute atomic E-state index is 6.86. The Balaban J connectivity index is 2.51. The molecule has 0 radical (unpaired) electrons. The van der Waals surface area contributed by atoms with E-state index in [0.29, 0.717) is 0 Å². The van der Waals surface area contributed by atoms with Crippen LogP contribution in [0.3, 0.4) is 0 Å². The van der Waals surface area contributed by atoms with Crippen molar-refractivity contribution >= 4 is 6.08 Å². The summed E-state index contributed by atoms with van der Waals surface area (Å²) in [6.45, 7) is 3.76. The van der Waals surface area contributed by atoms with Gasteiger partial charge in [0.1, 0.15) is 12.2 Å². The number of hydrogen-bond acceptors (Lipinski definition) is 3. The molecule has 0 saturated carbocycles. The maximum Gasteiger partial charge on any atom is 0.381 e. The predicted molar refractivity (Wildman–Crippen MR) is 28.8 cm³/mol. The molecule has 0 aromatic rings. The van der Waals surface area contributed by atoms with Gasteiger partial charge in [0.15, 0.2) is 0 Å². The van der Waals surface area contributed by atoms with E-state index in [1.807, 2.05) is 13.8 Å². The molecular weight excluding hydrogens is 106 g/mol. The highest BCUT2D eigenvalue weighted by Crippen LogP contribution is 2.11. The van der Waals surface area contributed by atoms with E-state index < -0.39 is 0 Å². The molecular formula is C5H9NO2. The first-order valence-corrected chi connectivity index (χ1v) is 2.62. The van der Waals surface area contributed by atoms with E-state index >= 15 is 0 Å². The fourth-order valence-electron chi connectivity index (χ4n) is 0.557. The fraction of sp³-hybridized carbons (Fsp3) is 0.800. The van der Waals surface area contributed by atoms with Crippen molar-refractivity contribution in [2.24, 2.45) is 0 Å². The van der Waals surface area contributed by atoms with E-state index in [1.54, 1.807) is 0 Å². The van der Waals surface area contributed by atoms with Crippen LogP contribution in [0.15, 0.2) is 0 Å². The first kappa shape index (κ1) is 5.41. The lowest BCUT2D eigenvalue weighted by Gasteiger charge is -2.01. The molecule has 0 aromatic carbocycles. The number of rotatable bonds is 0. The second-order valence-electron chi connectivity index (χ2n) is 1.93. The average Bonchev–Trinajstić information content (AvgIpc) is 1.85. The third-order valence-electron chi connectivity index (χ3n) is 1.25. The molecule has 1 fully saturated rings. The van der Waals surface area contributed by atoms with Gasteiger partial charge in [-0.3, -0.25) is 0 Å². The molecule has 3 heteroatoms. The maximum atomic E-state index is 6.86. The van der Waals surface area contributed by atoms with Gasteiger partial charge in [-0.05, 0) is 13.8 Å². The van der Waals surface area contributed by atoms with Crippen LogP contribution in [0.1, 0.15) is 13.8 Å². The Labute approximate surface area is 48.1 Å². The van der Waals surface area contributed by atoms with Crippen LogP contribution >= 0.6 is 0 Å². The van der Waals surface area contributed by atoms with Gasteiger partial charge in [0.05, 0.1) is 0 Å². The summed E-state index contributed by atoms with van der Waals surface area (Å²) in [7, 11) is 0. The van der Waals surface area contributed by atoms with E-state index in [2.05, 4.69) is 0 Å². The van der Waals surface area contributed by atoms with Gasteiger partial charge in [0.2, 0.25) is 0 Å². The zero-order valence-electron chi connectivity index (χ0n) is 4.97. The van der Waals surface area contributed by atoms with Crippen molar-refractivity contribution in [1.82, 2.24) is 0 Å². The van der Waals surface area contributed by atoms with Crippen LogP contribution in [-0.2, 0) is 9.47 Å². The first-order chi connectivity index (χ1) is 3.70. The minimum absolute atomic E-state index is 0.0440. The lowest BCUT2D eigenvalue weighted by atomic mass is 10.3. The monoisotopic (exact) mass is 115 g/mol. The van der Waals surface area contributed by atoms with Crippen LogP contribution in [-0.4, -0.2) is 18.3 Å². The van der Waals surface area contributed by atoms with Crippen molar-refractivity contribution in [2.75, 3.05) is 0 Å². The van der Waals surface area contributed by atoms with Crippen molar-refractivity contribution in [1.29, 1.82) is 5.41 Å². The number of hydrogen-bond donors (Lipinski definition) is 1. The summed E-state index contributed by atoms with van der Waals surface area (Å²) in [6.07, 6.45) is 0.0370. The molecule has 46 valence electrons. The van der Waals surface area contributed by atoms with Crippen molar-refractivity contribution in [3.63, 3.8) is 0 Å². The Morgan fingerprint density at radius 2 is 1.62 bits per heavy atom. The van der Waals surface area contributed by atoms with E-state index in [9.17, 15) is 0 Å². The third kappa shape index (κ3) is 0.757. The predicted octanol–water partition coefficient (Wildman–Crippen LogP) is 0.745. The highest BCUT2D eigenvalue weighted by Gasteiger charge is 2.25. The van der Waals surface area contributed by atoms with Crippen molar-refractivity contribution in [3.05, 3.63) is 0 Å². The first-order valence-electron chi connectivity index (χ1n) is 2.62. The lowest BCUT2D eigenvalue weighted by molar-refractivity contribution is 0.187. The molecule has 0 amide bonds. The second kappa shape index (κ2) is 1.65. The molecule has 1 heterocycles. The molecule has 0 aromatic heterocycles. The normalized spacial score (nSPS) is 36.5. The summed E-state index contributed by atoms with van der Waals surface area (Å²) in [5.41, 5.74) is 0. The molecule has 3 nitrogen and oxygen atoms in total. The Bertz CT molecular complexity index is 101. The summed E-state index contributed by atoms with van der Waals surface area (Å²) < 4.78 is 9.67. The highest BCUT2D eigenvalue weighted by atomic mass is 16.7. The van der Waals surface area contributed by atoms with Gasteiger partial charge < -0.3 is 9.47 Å². The van der Waals surface area contributed by atoms with Gasteiger partial charge in [-0.1, -0.05) is 0 Å². The van der Waals surface area contributed by atoms with Gasteiger partial charge in [-0.2, -0.15) is 0 Å². The van der Waals surface area contributed by atoms with Crippen molar-refractivity contribution < 1.29 is 9.47 Å². The fourth-order valence-corrected chi connectivity index (χ4v) is 0.557. The molecule has 1 N–H and O–H groups in total. The van der Waals surface area contributed by atoms with Gasteiger partial charge in [0, 0.05) is 0 Å². The standard InChI is InChI=1S/C5H9NO2/c1-3-4(2)8-5(6)7-3/h3-4,6H,1-2H3. The van der Waals surface area contributed by atoms with Crippen molar-refractivity contribution in [3.8, 4) is 0 Å². The van der Waals surface area contributed by atoms with Crippen LogP contribution < -0.4 is 0 Å². The largest absolute Gasteiger partial charge is 0.444 e. The van der Waals surface area contributed by atoms with E-state index in [4.69, 9.17) is 14.9 Å². The number of ether oxygens (including phenoxy) is 2. The Kier molecular flexibility index (Phi) is 1.12. The average molecular weight is 115 g/mol. The molecule has 1 aliphatic rings. The van der Waals surface area contributed by atoms with E-state index in [1.165, 1.54) is 0 Å². The Hall–Kier alpha value is -0.730. The Morgan fingerprint density at radius 3 is 1.75 bits per heavy atom. The molecule has 0 bridgehead atoms. The quantitative estimate of drug-likeness (QED) is 0.506. The van der Waals surface area contributed by atoms with Crippen LogP contribution in [0, 0.1) is 5.41 Å². The summed E-state index contributed by atoms with van der Waals surface area (Å²) in [4.78, 5) is 0. The topological polar surface area (TPSA) is 42.3 Å². The smallest absolute Gasteiger partial charge is 0.381 e. The summed E-state index contributed by atoms with van der Waals surface area (Å²) in [5, 5.41) is 6.86. The highest BCUT2D eigenvalue weighted by molar-refractivity contribution is 5.65. The molecule has 2 atom stereocenters. The second-order valence-corrected chi connectivity index (χ2v) is 1.93. The molecule has 1 rings (SSSR count). The molecule has 1 saturated heterocycles. The minimum Gasteiger partial charge on any atom is -0.444 e. The third-order valence-corrected chi connectivity index (χ3v) is 1.25. The minimum atomic E-state index is -0.0509. The van der Waals surface area contributed by atoms with Crippen LogP contribution in [0.4, 0.5) is 0 Å². The van der Waals surface area contributed by atoms with Crippen molar-refractivity contribution in [2.45, 2.75) is 26.1 Å². The summed E-state index contributed by atoms with van der Waals surface area (Å²) in [5.74, 6) is 0. The molecule has 2 unspecified atom stereocenters. The van der Waals surface area contributed by atoms with E-state index in [-0.39, 0.29) is 18.3 Å². The Morgan fingerprint density at radius 1 is 1.25 bits per heavy atom. The zero-order chi connectivity index (χ0) is 6.15. The zero-order valence-corrected chi connectivity index (χ0v) is 4.97. The van der Waals surface area contributed by atoms with Gasteiger partial charge >= 0.3 is 6.08 Å². The van der Waals surface area contributed by atoms with Crippen LogP contribution in [0.2, 0.25) is 0 Å². The summed E-state index contributed by atoms with van der Waals surface area (Å²) >= 11 is 0. The molecule has 0 spiro atoms. The number of nitrogens with one attached hydrogen (secondary N) is 1. The van der Waals surface area contributed by atoms with Crippen LogP contribution in [0.25, 0.3) is 0 Å². The SMILES string of the molecule is CC1OC(=N)OC1C. The van der Waals surface area contributed by atoms with Crippen LogP contribution in [0.5, 0.6) is 0 Å². The van der Waals surface area contributed by atoms with E-state index in [0.717, 1.165) is 0 Å². The van der Waals surface area contributed by atoms with Gasteiger partial charge in [-0.15, -0.1) is 0 Å². The lowest BCUT2D eigenvalue weighted by Crippen LogP contribution is -2.13. The summed E-state index contributed by atoms with van der Waals surface area (Å²) in [6, 6.07) is 0. The molecule has 8 heavy (non-hydrogen) atoms. The molecule has 1 aliphatic heterocycles. The van der Waals surface area contributed by atoms with Gasteiger partial charge in [0.25, 0.3) is 0 Å². The molecule has 0 aliphatic carbocycles.